The average molecular weight is 263 g/mol. The summed E-state index contributed by atoms with van der Waals surface area (Å²) in [5, 5.41) is 7.96. The second-order valence-corrected chi connectivity index (χ2v) is 4.69. The van der Waals surface area contributed by atoms with Crippen molar-refractivity contribution < 1.29 is 0 Å². The van der Waals surface area contributed by atoms with Crippen LogP contribution in [-0.2, 0) is 0 Å². The fraction of sp³-hybridized carbons (Fsp3) is 0.429. The van der Waals surface area contributed by atoms with Gasteiger partial charge in [-0.25, -0.2) is 0 Å². The number of rotatable bonds is 5. The molecule has 0 fully saturated rings. The van der Waals surface area contributed by atoms with E-state index in [2.05, 4.69) is 54.0 Å². The van der Waals surface area contributed by atoms with Crippen LogP contribution in [0.1, 0.15) is 37.8 Å². The minimum atomic E-state index is 0.579. The van der Waals surface area contributed by atoms with Crippen LogP contribution in [0.15, 0.2) is 29.4 Å². The topological polar surface area (TPSA) is 36.4 Å². The van der Waals surface area contributed by atoms with Gasteiger partial charge in [-0.15, -0.1) is 0 Å². The van der Waals surface area contributed by atoms with Crippen LogP contribution in [0.2, 0.25) is 0 Å². The first-order chi connectivity index (χ1) is 8.63. The highest BCUT2D eigenvalue weighted by molar-refractivity contribution is 7.80. The molecule has 0 aliphatic rings. The van der Waals surface area contributed by atoms with Crippen molar-refractivity contribution in [3.8, 4) is 0 Å². The highest BCUT2D eigenvalue weighted by atomic mass is 32.1. The summed E-state index contributed by atoms with van der Waals surface area (Å²) in [6, 6.07) is 8.27. The first-order valence-corrected chi connectivity index (χ1v) is 6.69. The molecule has 0 saturated carbocycles. The molecule has 0 unspecified atom stereocenters. The van der Waals surface area contributed by atoms with Crippen LogP contribution in [0.4, 0.5) is 0 Å². The third-order valence-corrected chi connectivity index (χ3v) is 2.85. The highest BCUT2D eigenvalue weighted by Crippen LogP contribution is 2.04. The molecule has 0 bridgehead atoms. The van der Waals surface area contributed by atoms with Crippen LogP contribution in [0.5, 0.6) is 0 Å². The number of unbranched alkanes of at least 4 members (excludes halogenated alkanes) is 1. The number of nitrogens with zero attached hydrogens (tertiary/aromatic N) is 1. The molecule has 1 rings (SSSR count). The maximum Gasteiger partial charge on any atom is 0.186 e. The van der Waals surface area contributed by atoms with Crippen molar-refractivity contribution in [2.75, 3.05) is 6.54 Å². The summed E-state index contributed by atoms with van der Waals surface area (Å²) >= 11 is 5.13. The lowest BCUT2D eigenvalue weighted by atomic mass is 10.1. The van der Waals surface area contributed by atoms with Crippen LogP contribution in [0.3, 0.4) is 0 Å². The van der Waals surface area contributed by atoms with Gasteiger partial charge in [0, 0.05) is 6.54 Å². The second kappa shape index (κ2) is 7.82. The quantitative estimate of drug-likeness (QED) is 0.371. The van der Waals surface area contributed by atoms with E-state index in [4.69, 9.17) is 12.2 Å². The number of benzene rings is 1. The van der Waals surface area contributed by atoms with Gasteiger partial charge in [-0.1, -0.05) is 43.2 Å². The van der Waals surface area contributed by atoms with E-state index in [0.29, 0.717) is 5.11 Å². The Morgan fingerprint density at radius 2 is 1.94 bits per heavy atom. The molecule has 0 spiro atoms. The lowest BCUT2D eigenvalue weighted by Gasteiger charge is -2.07. The third-order valence-electron chi connectivity index (χ3n) is 2.61. The van der Waals surface area contributed by atoms with Gasteiger partial charge in [0.1, 0.15) is 0 Å². The van der Waals surface area contributed by atoms with Gasteiger partial charge in [-0.3, -0.25) is 5.43 Å². The minimum absolute atomic E-state index is 0.579. The maximum absolute atomic E-state index is 5.13. The molecule has 0 radical (unpaired) electrons. The molecule has 3 nitrogen and oxygen atoms in total. The van der Waals surface area contributed by atoms with E-state index >= 15 is 0 Å². The molecule has 1 aromatic rings. The van der Waals surface area contributed by atoms with Crippen molar-refractivity contribution in [3.63, 3.8) is 0 Å². The summed E-state index contributed by atoms with van der Waals surface area (Å²) in [4.78, 5) is 0. The second-order valence-electron chi connectivity index (χ2n) is 4.28. The first-order valence-electron chi connectivity index (χ1n) is 6.28. The first kappa shape index (κ1) is 14.6. The van der Waals surface area contributed by atoms with E-state index in [0.717, 1.165) is 30.7 Å². The molecule has 0 aliphatic carbocycles. The monoisotopic (exact) mass is 263 g/mol. The van der Waals surface area contributed by atoms with Crippen molar-refractivity contribution >= 4 is 23.0 Å². The van der Waals surface area contributed by atoms with Gasteiger partial charge >= 0.3 is 0 Å². The molecule has 0 saturated heterocycles. The van der Waals surface area contributed by atoms with Crippen molar-refractivity contribution in [2.45, 2.75) is 33.6 Å². The smallest absolute Gasteiger partial charge is 0.186 e. The number of hydrogen-bond donors (Lipinski definition) is 2. The van der Waals surface area contributed by atoms with Gasteiger partial charge in [-0.05, 0) is 38.0 Å². The molecule has 0 aliphatic heterocycles. The van der Waals surface area contributed by atoms with Gasteiger partial charge in [0.15, 0.2) is 5.11 Å². The summed E-state index contributed by atoms with van der Waals surface area (Å²) in [5.74, 6) is 0. The van der Waals surface area contributed by atoms with Gasteiger partial charge in [0.2, 0.25) is 0 Å². The Kier molecular flexibility index (Phi) is 6.36. The molecule has 0 aromatic heterocycles. The predicted molar refractivity (Wildman–Crippen MR) is 82.0 cm³/mol. The average Bonchev–Trinajstić information content (AvgIpc) is 2.37. The predicted octanol–water partition coefficient (Wildman–Crippen LogP) is 2.98. The van der Waals surface area contributed by atoms with E-state index in [-0.39, 0.29) is 0 Å². The van der Waals surface area contributed by atoms with Gasteiger partial charge in [0.05, 0.1) is 5.71 Å². The molecule has 0 heterocycles. The van der Waals surface area contributed by atoms with E-state index < -0.39 is 0 Å². The van der Waals surface area contributed by atoms with Crippen molar-refractivity contribution in [2.24, 2.45) is 5.10 Å². The Labute approximate surface area is 115 Å². The standard InChI is InChI=1S/C14H21N3S/c1-4-5-10-15-14(18)17-16-12(3)13-8-6-11(2)7-9-13/h6-9H,4-5,10H2,1-3H3,(H2,15,17,18)/b16-12+. The number of hydrazone groups is 1. The van der Waals surface area contributed by atoms with Crippen molar-refractivity contribution in [1.29, 1.82) is 0 Å². The summed E-state index contributed by atoms with van der Waals surface area (Å²) in [6.45, 7) is 7.08. The Bertz CT molecular complexity index is 410. The Morgan fingerprint density at radius 1 is 1.28 bits per heavy atom. The van der Waals surface area contributed by atoms with Crippen LogP contribution < -0.4 is 10.7 Å². The fourth-order valence-electron chi connectivity index (χ4n) is 1.41. The lowest BCUT2D eigenvalue weighted by molar-refractivity contribution is 0.745. The SMILES string of the molecule is CCCCNC(=S)N/N=C(\C)c1ccc(C)cc1. The summed E-state index contributed by atoms with van der Waals surface area (Å²) in [6.07, 6.45) is 2.27. The largest absolute Gasteiger partial charge is 0.361 e. The van der Waals surface area contributed by atoms with Gasteiger partial charge < -0.3 is 5.32 Å². The molecule has 2 N–H and O–H groups in total. The van der Waals surface area contributed by atoms with Crippen LogP contribution >= 0.6 is 12.2 Å². The molecule has 4 heteroatoms. The van der Waals surface area contributed by atoms with Gasteiger partial charge in [0.25, 0.3) is 0 Å². The summed E-state index contributed by atoms with van der Waals surface area (Å²) < 4.78 is 0. The zero-order chi connectivity index (χ0) is 13.4. The summed E-state index contributed by atoms with van der Waals surface area (Å²) in [7, 11) is 0. The molecule has 1 aromatic carbocycles. The molecular weight excluding hydrogens is 242 g/mol. The Balaban J connectivity index is 2.46. The molecular formula is C14H21N3S. The minimum Gasteiger partial charge on any atom is -0.361 e. The third kappa shape index (κ3) is 5.27. The van der Waals surface area contributed by atoms with E-state index in [1.165, 1.54) is 5.56 Å². The van der Waals surface area contributed by atoms with Crippen LogP contribution in [0, 0.1) is 6.92 Å². The van der Waals surface area contributed by atoms with Gasteiger partial charge in [-0.2, -0.15) is 5.10 Å². The molecule has 18 heavy (non-hydrogen) atoms. The Hall–Kier alpha value is -1.42. The molecule has 98 valence electrons. The highest BCUT2D eigenvalue weighted by Gasteiger charge is 1.97. The zero-order valence-corrected chi connectivity index (χ0v) is 12.1. The lowest BCUT2D eigenvalue weighted by Crippen LogP contribution is -2.33. The normalized spacial score (nSPS) is 11.2. The Morgan fingerprint density at radius 3 is 2.56 bits per heavy atom. The van der Waals surface area contributed by atoms with Crippen molar-refractivity contribution in [1.82, 2.24) is 10.7 Å². The zero-order valence-electron chi connectivity index (χ0n) is 11.3. The number of aryl methyl sites for hydroxylation is 1. The number of hydrogen-bond acceptors (Lipinski definition) is 2. The van der Waals surface area contributed by atoms with Crippen molar-refractivity contribution in [3.05, 3.63) is 35.4 Å². The number of thiocarbonyl (C=S) groups is 1. The van der Waals surface area contributed by atoms with E-state index in [9.17, 15) is 0 Å². The van der Waals surface area contributed by atoms with Crippen LogP contribution in [0.25, 0.3) is 0 Å². The summed E-state index contributed by atoms with van der Waals surface area (Å²) in [5.41, 5.74) is 6.14. The van der Waals surface area contributed by atoms with E-state index in [1.807, 2.05) is 6.92 Å². The fourth-order valence-corrected chi connectivity index (χ4v) is 1.56. The van der Waals surface area contributed by atoms with E-state index in [1.54, 1.807) is 0 Å². The number of nitrogens with one attached hydrogen (secondary N) is 2. The maximum atomic E-state index is 5.13. The molecule has 0 atom stereocenters. The molecule has 0 amide bonds. The van der Waals surface area contributed by atoms with Crippen LogP contribution in [-0.4, -0.2) is 17.4 Å².